The Bertz CT molecular complexity index is 439. The van der Waals surface area contributed by atoms with E-state index in [2.05, 4.69) is 0 Å². The molecule has 1 unspecified atom stereocenters. The molecule has 0 spiro atoms. The number of hydrogen-bond acceptors (Lipinski definition) is 4. The molecule has 0 aliphatic carbocycles. The number of hydrogen-bond donors (Lipinski definition) is 1. The van der Waals surface area contributed by atoms with E-state index in [1.165, 1.54) is 4.88 Å². The van der Waals surface area contributed by atoms with Crippen LogP contribution in [0.3, 0.4) is 0 Å². The van der Waals surface area contributed by atoms with E-state index in [-0.39, 0.29) is 12.5 Å². The summed E-state index contributed by atoms with van der Waals surface area (Å²) in [5.41, 5.74) is 0. The molecule has 0 saturated carbocycles. The summed E-state index contributed by atoms with van der Waals surface area (Å²) in [6.07, 6.45) is 3.88. The van der Waals surface area contributed by atoms with Crippen molar-refractivity contribution >= 4 is 40.6 Å². The molecule has 1 aliphatic rings. The van der Waals surface area contributed by atoms with Crippen LogP contribution in [0.15, 0.2) is 12.1 Å². The van der Waals surface area contributed by atoms with Crippen LogP contribution in [-0.4, -0.2) is 40.9 Å². The monoisotopic (exact) mass is 333 g/mol. The van der Waals surface area contributed by atoms with Crippen molar-refractivity contribution in [3.05, 3.63) is 21.3 Å². The summed E-state index contributed by atoms with van der Waals surface area (Å²) in [5.74, 6) is 1.61. The summed E-state index contributed by atoms with van der Waals surface area (Å²) in [5, 5.41) is 8.90. The molecule has 112 valence electrons. The zero-order chi connectivity index (χ0) is 14.4. The Morgan fingerprint density at radius 1 is 1.55 bits per heavy atom. The van der Waals surface area contributed by atoms with E-state index >= 15 is 0 Å². The number of carbonyl (C=O) groups is 1. The summed E-state index contributed by atoms with van der Waals surface area (Å²) in [6.45, 7) is 1.09. The fourth-order valence-corrected chi connectivity index (χ4v) is 4.65. The zero-order valence-corrected chi connectivity index (χ0v) is 13.8. The van der Waals surface area contributed by atoms with Crippen molar-refractivity contribution in [1.82, 2.24) is 4.90 Å². The van der Waals surface area contributed by atoms with Crippen molar-refractivity contribution in [2.45, 2.75) is 37.5 Å². The first-order valence-electron chi connectivity index (χ1n) is 6.93. The lowest BCUT2D eigenvalue weighted by atomic mass is 10.1. The Morgan fingerprint density at radius 3 is 3.10 bits per heavy atom. The van der Waals surface area contributed by atoms with Crippen molar-refractivity contribution in [3.8, 4) is 0 Å². The topological polar surface area (TPSA) is 40.5 Å². The summed E-state index contributed by atoms with van der Waals surface area (Å²) in [4.78, 5) is 15.5. The minimum absolute atomic E-state index is 0.215. The minimum atomic E-state index is 0.215. The molecule has 3 nitrogen and oxygen atoms in total. The van der Waals surface area contributed by atoms with Gasteiger partial charge in [-0.05, 0) is 37.8 Å². The van der Waals surface area contributed by atoms with Crippen LogP contribution in [0.4, 0.5) is 0 Å². The van der Waals surface area contributed by atoms with Crippen LogP contribution < -0.4 is 0 Å². The van der Waals surface area contributed by atoms with E-state index in [9.17, 15) is 4.79 Å². The van der Waals surface area contributed by atoms with Gasteiger partial charge in [-0.1, -0.05) is 11.6 Å². The van der Waals surface area contributed by atoms with Crippen LogP contribution in [0.1, 0.15) is 30.6 Å². The maximum Gasteiger partial charge on any atom is 0.232 e. The molecule has 6 heteroatoms. The van der Waals surface area contributed by atoms with Gasteiger partial charge in [0.25, 0.3) is 0 Å². The number of nitrogens with zero attached hydrogens (tertiary/aromatic N) is 1. The summed E-state index contributed by atoms with van der Waals surface area (Å²) in [7, 11) is 0. The molecule has 0 aromatic carbocycles. The second-order valence-electron chi connectivity index (χ2n) is 4.95. The Hall–Kier alpha value is -0.230. The van der Waals surface area contributed by atoms with Gasteiger partial charge in [0.15, 0.2) is 0 Å². The molecule has 1 atom stereocenters. The molecular formula is C14H20ClNO2S2. The molecule has 1 aromatic rings. The first-order chi connectivity index (χ1) is 9.70. The Labute approximate surface area is 133 Å². The number of thiophene rings is 1. The summed E-state index contributed by atoms with van der Waals surface area (Å²) in [6, 6.07) is 4.26. The third kappa shape index (κ3) is 4.65. The lowest BCUT2D eigenvalue weighted by Gasteiger charge is -2.24. The van der Waals surface area contributed by atoms with Crippen molar-refractivity contribution in [3.63, 3.8) is 0 Å². The molecular weight excluding hydrogens is 314 g/mol. The maximum absolute atomic E-state index is 12.2. The van der Waals surface area contributed by atoms with Gasteiger partial charge < -0.3 is 10.0 Å². The van der Waals surface area contributed by atoms with Crippen molar-refractivity contribution in [1.29, 1.82) is 0 Å². The van der Waals surface area contributed by atoms with Crippen LogP contribution in [0.2, 0.25) is 4.34 Å². The summed E-state index contributed by atoms with van der Waals surface area (Å²) < 4.78 is 0.801. The first kappa shape index (κ1) is 16.1. The number of aliphatic hydroxyl groups excluding tert-OH is 1. The van der Waals surface area contributed by atoms with Crippen molar-refractivity contribution in [2.24, 2.45) is 0 Å². The largest absolute Gasteiger partial charge is 0.396 e. The van der Waals surface area contributed by atoms with Crippen molar-refractivity contribution < 1.29 is 9.90 Å². The number of carbonyl (C=O) groups excluding carboxylic acids is 1. The van der Waals surface area contributed by atoms with E-state index in [1.54, 1.807) is 23.1 Å². The SMILES string of the molecule is O=C(CSCc1ccc(Cl)s1)N1CCCC1CCCO. The third-order valence-electron chi connectivity index (χ3n) is 3.49. The number of rotatable bonds is 7. The molecule has 2 heterocycles. The van der Waals surface area contributed by atoms with Crippen LogP contribution in [0.25, 0.3) is 0 Å². The average Bonchev–Trinajstić information content (AvgIpc) is 3.05. The highest BCUT2D eigenvalue weighted by molar-refractivity contribution is 7.99. The second-order valence-corrected chi connectivity index (χ2v) is 7.73. The minimum Gasteiger partial charge on any atom is -0.396 e. The first-order valence-corrected chi connectivity index (χ1v) is 9.28. The number of likely N-dealkylation sites (tertiary alicyclic amines) is 1. The molecule has 2 rings (SSSR count). The highest BCUT2D eigenvalue weighted by atomic mass is 35.5. The molecule has 1 aromatic heterocycles. The van der Waals surface area contributed by atoms with E-state index in [1.807, 2.05) is 17.0 Å². The fraction of sp³-hybridized carbons (Fsp3) is 0.643. The Morgan fingerprint density at radius 2 is 2.40 bits per heavy atom. The van der Waals surface area contributed by atoms with Gasteiger partial charge in [0.2, 0.25) is 5.91 Å². The highest BCUT2D eigenvalue weighted by Crippen LogP contribution is 2.26. The summed E-state index contributed by atoms with van der Waals surface area (Å²) >= 11 is 9.11. The van der Waals surface area contributed by atoms with Crippen LogP contribution in [0.5, 0.6) is 0 Å². The molecule has 1 aliphatic heterocycles. The van der Waals surface area contributed by atoms with E-state index in [4.69, 9.17) is 16.7 Å². The standard InChI is InChI=1S/C14H20ClNO2S2/c15-13-6-5-12(20-13)9-19-10-14(18)16-7-1-3-11(16)4-2-8-17/h5-6,11,17H,1-4,7-10H2. The fourth-order valence-electron chi connectivity index (χ4n) is 2.54. The van der Waals surface area contributed by atoms with Gasteiger partial charge in [0.05, 0.1) is 10.1 Å². The molecule has 1 fully saturated rings. The van der Waals surface area contributed by atoms with Gasteiger partial charge >= 0.3 is 0 Å². The number of halogens is 1. The normalized spacial score (nSPS) is 18.7. The molecule has 1 saturated heterocycles. The quantitative estimate of drug-likeness (QED) is 0.831. The second kappa shape index (κ2) is 8.27. The zero-order valence-electron chi connectivity index (χ0n) is 11.4. The van der Waals surface area contributed by atoms with Gasteiger partial charge in [-0.15, -0.1) is 23.1 Å². The number of aliphatic hydroxyl groups is 1. The lowest BCUT2D eigenvalue weighted by Crippen LogP contribution is -2.36. The van der Waals surface area contributed by atoms with Gasteiger partial charge in [-0.25, -0.2) is 0 Å². The average molecular weight is 334 g/mol. The number of thioether (sulfide) groups is 1. The number of amides is 1. The van der Waals surface area contributed by atoms with Gasteiger partial charge in [0.1, 0.15) is 0 Å². The Kier molecular flexibility index (Phi) is 6.68. The van der Waals surface area contributed by atoms with E-state index in [0.29, 0.717) is 11.8 Å². The predicted molar refractivity (Wildman–Crippen MR) is 86.5 cm³/mol. The van der Waals surface area contributed by atoms with Gasteiger partial charge in [-0.3, -0.25) is 4.79 Å². The van der Waals surface area contributed by atoms with Crippen LogP contribution in [0, 0.1) is 0 Å². The molecule has 0 bridgehead atoms. The Balaban J connectivity index is 1.73. The predicted octanol–water partition coefficient (Wildman–Crippen LogP) is 3.40. The van der Waals surface area contributed by atoms with E-state index in [0.717, 1.165) is 42.3 Å². The lowest BCUT2D eigenvalue weighted by molar-refractivity contribution is -0.129. The van der Waals surface area contributed by atoms with Gasteiger partial charge in [0, 0.05) is 29.8 Å². The highest BCUT2D eigenvalue weighted by Gasteiger charge is 2.27. The third-order valence-corrected chi connectivity index (χ3v) is 5.87. The van der Waals surface area contributed by atoms with Crippen LogP contribution in [-0.2, 0) is 10.5 Å². The maximum atomic E-state index is 12.2. The van der Waals surface area contributed by atoms with E-state index < -0.39 is 0 Å². The van der Waals surface area contributed by atoms with Crippen LogP contribution >= 0.6 is 34.7 Å². The molecule has 1 N–H and O–H groups in total. The smallest absolute Gasteiger partial charge is 0.232 e. The molecule has 0 radical (unpaired) electrons. The van der Waals surface area contributed by atoms with Gasteiger partial charge in [-0.2, -0.15) is 0 Å². The molecule has 1 amide bonds. The van der Waals surface area contributed by atoms with Crippen molar-refractivity contribution in [2.75, 3.05) is 18.9 Å². The molecule has 20 heavy (non-hydrogen) atoms.